The zero-order valence-corrected chi connectivity index (χ0v) is 13.1. The molecule has 0 aliphatic heterocycles. The van der Waals surface area contributed by atoms with Crippen molar-refractivity contribution in [1.29, 1.82) is 5.41 Å². The average Bonchev–Trinajstić information content (AvgIpc) is 2.63. The van der Waals surface area contributed by atoms with Gasteiger partial charge in [-0.05, 0) is 36.4 Å². The first-order chi connectivity index (χ1) is 12.1. The highest BCUT2D eigenvalue weighted by Crippen LogP contribution is 2.22. The van der Waals surface area contributed by atoms with E-state index in [2.05, 4.69) is 15.3 Å². The van der Waals surface area contributed by atoms with Crippen LogP contribution in [0, 0.1) is 5.41 Å². The summed E-state index contributed by atoms with van der Waals surface area (Å²) in [5.74, 6) is -0.0422. The fourth-order valence-corrected chi connectivity index (χ4v) is 2.28. The minimum Gasteiger partial charge on any atom is -0.478 e. The van der Waals surface area contributed by atoms with Crippen LogP contribution in [0.4, 0.5) is 17.2 Å². The van der Waals surface area contributed by atoms with Gasteiger partial charge in [0.1, 0.15) is 5.82 Å². The van der Waals surface area contributed by atoms with E-state index in [-0.39, 0.29) is 5.56 Å². The molecular formula is C18H15N5O2. The summed E-state index contributed by atoms with van der Waals surface area (Å²) in [4.78, 5) is 19.7. The van der Waals surface area contributed by atoms with Gasteiger partial charge in [-0.15, -0.1) is 0 Å². The van der Waals surface area contributed by atoms with Gasteiger partial charge in [0.15, 0.2) is 5.82 Å². The van der Waals surface area contributed by atoms with Gasteiger partial charge in [0.05, 0.1) is 5.56 Å². The third-order valence-corrected chi connectivity index (χ3v) is 3.54. The van der Waals surface area contributed by atoms with Crippen molar-refractivity contribution in [1.82, 2.24) is 9.97 Å². The zero-order valence-electron chi connectivity index (χ0n) is 13.1. The number of nitrogen functional groups attached to an aromatic ring is 1. The van der Waals surface area contributed by atoms with Gasteiger partial charge < -0.3 is 21.6 Å². The number of hydrogen-bond acceptors (Lipinski definition) is 6. The first kappa shape index (κ1) is 16.1. The van der Waals surface area contributed by atoms with E-state index < -0.39 is 5.97 Å². The molecule has 0 atom stereocenters. The molecule has 0 spiro atoms. The number of nitrogens with zero attached hydrogens (tertiary/aromatic N) is 2. The lowest BCUT2D eigenvalue weighted by Crippen LogP contribution is -2.00. The number of aromatic nitrogens is 2. The van der Waals surface area contributed by atoms with Gasteiger partial charge in [-0.2, -0.15) is 0 Å². The second kappa shape index (κ2) is 6.79. The molecule has 25 heavy (non-hydrogen) atoms. The van der Waals surface area contributed by atoms with E-state index in [9.17, 15) is 4.79 Å². The Bertz CT molecular complexity index is 956. The van der Waals surface area contributed by atoms with Crippen molar-refractivity contribution < 1.29 is 9.90 Å². The van der Waals surface area contributed by atoms with Crippen LogP contribution < -0.4 is 11.1 Å². The van der Waals surface area contributed by atoms with E-state index in [1.54, 1.807) is 42.6 Å². The van der Waals surface area contributed by atoms with Gasteiger partial charge >= 0.3 is 5.97 Å². The number of carbonyl (C=O) groups is 1. The molecule has 5 N–H and O–H groups in total. The van der Waals surface area contributed by atoms with Crippen LogP contribution in [0.15, 0.2) is 54.7 Å². The SMILES string of the molecule is N=Cc1cc(Nc2ccnc(-c3cccc(C(=O)O)c3)n2)ccc1N. The molecule has 1 aromatic heterocycles. The minimum absolute atomic E-state index is 0.175. The first-order valence-corrected chi connectivity index (χ1v) is 7.40. The number of hydrogen-bond donors (Lipinski definition) is 4. The molecule has 0 amide bonds. The number of rotatable bonds is 5. The van der Waals surface area contributed by atoms with E-state index in [4.69, 9.17) is 16.2 Å². The molecule has 0 aliphatic rings. The van der Waals surface area contributed by atoms with Crippen LogP contribution in [-0.2, 0) is 0 Å². The maximum absolute atomic E-state index is 11.1. The van der Waals surface area contributed by atoms with Crippen molar-refractivity contribution in [3.05, 3.63) is 65.9 Å². The number of nitrogens with one attached hydrogen (secondary N) is 2. The smallest absolute Gasteiger partial charge is 0.335 e. The van der Waals surface area contributed by atoms with Crippen LogP contribution in [0.3, 0.4) is 0 Å². The van der Waals surface area contributed by atoms with Crippen LogP contribution in [0.5, 0.6) is 0 Å². The van der Waals surface area contributed by atoms with E-state index in [1.165, 1.54) is 18.3 Å². The van der Waals surface area contributed by atoms with Gasteiger partial charge in [0.25, 0.3) is 0 Å². The summed E-state index contributed by atoms with van der Waals surface area (Å²) in [5, 5.41) is 19.6. The van der Waals surface area contributed by atoms with Crippen LogP contribution in [0.1, 0.15) is 15.9 Å². The highest BCUT2D eigenvalue weighted by molar-refractivity contribution is 5.89. The summed E-state index contributed by atoms with van der Waals surface area (Å²) >= 11 is 0. The van der Waals surface area contributed by atoms with Crippen LogP contribution >= 0.6 is 0 Å². The molecule has 0 radical (unpaired) electrons. The van der Waals surface area contributed by atoms with Gasteiger partial charge in [-0.25, -0.2) is 14.8 Å². The second-order valence-electron chi connectivity index (χ2n) is 5.26. The summed E-state index contributed by atoms with van der Waals surface area (Å²) < 4.78 is 0. The molecule has 7 heteroatoms. The van der Waals surface area contributed by atoms with E-state index >= 15 is 0 Å². The fraction of sp³-hybridized carbons (Fsp3) is 0. The molecule has 0 aliphatic carbocycles. The Kier molecular flexibility index (Phi) is 4.38. The Labute approximate surface area is 143 Å². The van der Waals surface area contributed by atoms with E-state index in [0.29, 0.717) is 28.5 Å². The molecule has 1 heterocycles. The Morgan fingerprint density at radius 2 is 2.04 bits per heavy atom. The molecule has 2 aromatic carbocycles. The average molecular weight is 333 g/mol. The van der Waals surface area contributed by atoms with Gasteiger partial charge in [0, 0.05) is 34.9 Å². The van der Waals surface area contributed by atoms with Crippen LogP contribution in [0.2, 0.25) is 0 Å². The summed E-state index contributed by atoms with van der Waals surface area (Å²) in [7, 11) is 0. The molecule has 124 valence electrons. The van der Waals surface area contributed by atoms with Crippen molar-refractivity contribution in [2.75, 3.05) is 11.1 Å². The molecule has 0 saturated heterocycles. The molecule has 7 nitrogen and oxygen atoms in total. The molecule has 0 bridgehead atoms. The van der Waals surface area contributed by atoms with Crippen molar-refractivity contribution in [2.45, 2.75) is 0 Å². The van der Waals surface area contributed by atoms with Gasteiger partial charge in [-0.3, -0.25) is 0 Å². The maximum Gasteiger partial charge on any atom is 0.335 e. The summed E-state index contributed by atoms with van der Waals surface area (Å²) in [6.07, 6.45) is 2.77. The largest absolute Gasteiger partial charge is 0.478 e. The molecular weight excluding hydrogens is 318 g/mol. The van der Waals surface area contributed by atoms with Gasteiger partial charge in [-0.1, -0.05) is 12.1 Å². The zero-order chi connectivity index (χ0) is 17.8. The van der Waals surface area contributed by atoms with Crippen LogP contribution in [0.25, 0.3) is 11.4 Å². The Hall–Kier alpha value is -3.74. The summed E-state index contributed by atoms with van der Waals surface area (Å²) in [5.41, 5.74) is 8.43. The number of carboxylic acid groups (broad SMARTS) is 1. The lowest BCUT2D eigenvalue weighted by molar-refractivity contribution is 0.0697. The first-order valence-electron chi connectivity index (χ1n) is 7.40. The quantitative estimate of drug-likeness (QED) is 0.420. The molecule has 0 unspecified atom stereocenters. The number of anilines is 3. The second-order valence-corrected chi connectivity index (χ2v) is 5.26. The maximum atomic E-state index is 11.1. The van der Waals surface area contributed by atoms with Crippen molar-refractivity contribution in [2.24, 2.45) is 0 Å². The number of nitrogens with two attached hydrogens (primary N) is 1. The molecule has 3 rings (SSSR count). The Balaban J connectivity index is 1.90. The van der Waals surface area contributed by atoms with Crippen LogP contribution in [-0.4, -0.2) is 27.3 Å². The lowest BCUT2D eigenvalue weighted by Gasteiger charge is -2.09. The third kappa shape index (κ3) is 3.61. The number of aromatic carboxylic acids is 1. The lowest BCUT2D eigenvalue weighted by atomic mass is 10.1. The predicted octanol–water partition coefficient (Wildman–Crippen LogP) is 3.17. The standard InChI is InChI=1S/C18H15N5O2/c19-10-13-9-14(4-5-15(13)20)22-16-6-7-21-17(23-16)11-2-1-3-12(8-11)18(24)25/h1-10,19H,20H2,(H,24,25)(H,21,22,23). The molecule has 3 aromatic rings. The monoisotopic (exact) mass is 333 g/mol. The van der Waals surface area contributed by atoms with E-state index in [0.717, 1.165) is 5.69 Å². The van der Waals surface area contributed by atoms with Gasteiger partial charge in [0.2, 0.25) is 0 Å². The minimum atomic E-state index is -1.00. The van der Waals surface area contributed by atoms with Crippen molar-refractivity contribution in [3.63, 3.8) is 0 Å². The Morgan fingerprint density at radius 1 is 1.20 bits per heavy atom. The molecule has 0 fully saturated rings. The summed E-state index contributed by atoms with van der Waals surface area (Å²) in [6, 6.07) is 13.4. The Morgan fingerprint density at radius 3 is 2.80 bits per heavy atom. The molecule has 0 saturated carbocycles. The van der Waals surface area contributed by atoms with Crippen molar-refractivity contribution >= 4 is 29.4 Å². The fourth-order valence-electron chi connectivity index (χ4n) is 2.28. The predicted molar refractivity (Wildman–Crippen MR) is 96.5 cm³/mol. The van der Waals surface area contributed by atoms with Crippen molar-refractivity contribution in [3.8, 4) is 11.4 Å². The third-order valence-electron chi connectivity index (χ3n) is 3.54. The normalized spacial score (nSPS) is 10.2. The topological polar surface area (TPSA) is 125 Å². The number of carboxylic acids is 1. The highest BCUT2D eigenvalue weighted by atomic mass is 16.4. The number of benzene rings is 2. The highest BCUT2D eigenvalue weighted by Gasteiger charge is 2.08. The van der Waals surface area contributed by atoms with E-state index in [1.807, 2.05) is 0 Å². The summed E-state index contributed by atoms with van der Waals surface area (Å²) in [6.45, 7) is 0.